The molecule has 0 radical (unpaired) electrons. The first kappa shape index (κ1) is 26.3. The van der Waals surface area contributed by atoms with E-state index in [4.69, 9.17) is 4.74 Å². The number of amides is 3. The SMILES string of the molecule is CSc1cccc(NC(=O)C2[C@H]3C=CC4(O3)C(C(=O)NC3CCCC(C)C3C)N(C(C)(C)C)C(=O)[C@@H]24)c1. The molecule has 37 heavy (non-hydrogen) atoms. The Labute approximate surface area is 224 Å². The summed E-state index contributed by atoms with van der Waals surface area (Å²) in [5, 5.41) is 6.31. The van der Waals surface area contributed by atoms with Gasteiger partial charge in [-0.3, -0.25) is 14.4 Å². The molecule has 1 aromatic rings. The standard InChI is InChI=1S/C29H39N3O4S/c1-16-9-7-12-20(17(16)2)31-26(34)24-29-14-13-21(36-29)22(23(29)27(35)32(24)28(3,4)5)25(33)30-18-10-8-11-19(15-18)37-6/h8,10-11,13-17,20-24H,7,9,12H2,1-6H3,(H,30,33)(H,31,34)/t16?,17?,20?,21-,22?,23-,24?,29?/m1/s1. The smallest absolute Gasteiger partial charge is 0.246 e. The van der Waals surface area contributed by atoms with Gasteiger partial charge in [0.15, 0.2) is 0 Å². The Morgan fingerprint density at radius 3 is 2.62 bits per heavy atom. The Morgan fingerprint density at radius 1 is 1.16 bits per heavy atom. The van der Waals surface area contributed by atoms with Crippen LogP contribution in [0.5, 0.6) is 0 Å². The number of rotatable bonds is 5. The molecule has 200 valence electrons. The minimum Gasteiger partial charge on any atom is -0.359 e. The van der Waals surface area contributed by atoms with Crippen LogP contribution in [0.4, 0.5) is 5.69 Å². The van der Waals surface area contributed by atoms with Crippen LogP contribution in [0.25, 0.3) is 0 Å². The molecule has 3 heterocycles. The fourth-order valence-electron chi connectivity index (χ4n) is 6.87. The van der Waals surface area contributed by atoms with E-state index in [1.165, 1.54) is 6.42 Å². The molecule has 3 fully saturated rings. The van der Waals surface area contributed by atoms with E-state index in [1.807, 2.05) is 63.4 Å². The maximum absolute atomic E-state index is 14.1. The van der Waals surface area contributed by atoms with Gasteiger partial charge in [0, 0.05) is 22.2 Å². The minimum atomic E-state index is -1.15. The summed E-state index contributed by atoms with van der Waals surface area (Å²) < 4.78 is 6.47. The van der Waals surface area contributed by atoms with Crippen molar-refractivity contribution in [1.82, 2.24) is 10.2 Å². The first-order valence-electron chi connectivity index (χ1n) is 13.4. The van der Waals surface area contributed by atoms with Gasteiger partial charge in [0.25, 0.3) is 0 Å². The van der Waals surface area contributed by atoms with Crippen LogP contribution in [0.2, 0.25) is 0 Å². The van der Waals surface area contributed by atoms with Crippen molar-refractivity contribution in [2.75, 3.05) is 11.6 Å². The zero-order valence-corrected chi connectivity index (χ0v) is 23.4. The summed E-state index contributed by atoms with van der Waals surface area (Å²) in [5.41, 5.74) is -1.08. The molecule has 1 saturated carbocycles. The number of nitrogens with zero attached hydrogens (tertiary/aromatic N) is 1. The van der Waals surface area contributed by atoms with Gasteiger partial charge < -0.3 is 20.3 Å². The summed E-state index contributed by atoms with van der Waals surface area (Å²) >= 11 is 1.60. The highest BCUT2D eigenvalue weighted by atomic mass is 32.2. The number of carbonyl (C=O) groups is 3. The van der Waals surface area contributed by atoms with E-state index in [0.717, 1.165) is 17.7 Å². The predicted molar refractivity (Wildman–Crippen MR) is 145 cm³/mol. The summed E-state index contributed by atoms with van der Waals surface area (Å²) in [6, 6.07) is 6.88. The van der Waals surface area contributed by atoms with Crippen molar-refractivity contribution in [1.29, 1.82) is 0 Å². The highest BCUT2D eigenvalue weighted by Gasteiger charge is 2.74. The van der Waals surface area contributed by atoms with E-state index in [9.17, 15) is 14.4 Å². The van der Waals surface area contributed by atoms with E-state index in [2.05, 4.69) is 24.5 Å². The lowest BCUT2D eigenvalue weighted by Crippen LogP contribution is -2.61. The Balaban J connectivity index is 1.45. The maximum atomic E-state index is 14.1. The molecule has 4 aliphatic rings. The molecule has 8 heteroatoms. The van der Waals surface area contributed by atoms with Gasteiger partial charge in [-0.05, 0) is 63.5 Å². The number of benzene rings is 1. The average Bonchev–Trinajstić information content (AvgIpc) is 3.49. The molecular formula is C29H39N3O4S. The Bertz CT molecular complexity index is 1130. The van der Waals surface area contributed by atoms with Gasteiger partial charge in [-0.2, -0.15) is 0 Å². The molecule has 6 unspecified atom stereocenters. The molecule has 2 bridgehead atoms. The quantitative estimate of drug-likeness (QED) is 0.444. The number of thioether (sulfide) groups is 1. The van der Waals surface area contributed by atoms with Gasteiger partial charge in [-0.1, -0.05) is 44.9 Å². The van der Waals surface area contributed by atoms with Gasteiger partial charge in [0.2, 0.25) is 17.7 Å². The van der Waals surface area contributed by atoms with E-state index >= 15 is 0 Å². The average molecular weight is 526 g/mol. The third-order valence-electron chi connectivity index (χ3n) is 8.92. The van der Waals surface area contributed by atoms with Gasteiger partial charge in [-0.25, -0.2) is 0 Å². The number of hydrogen-bond donors (Lipinski definition) is 2. The number of carbonyl (C=O) groups excluding carboxylic acids is 3. The van der Waals surface area contributed by atoms with Crippen molar-refractivity contribution in [2.24, 2.45) is 23.7 Å². The molecular weight excluding hydrogens is 486 g/mol. The molecule has 2 saturated heterocycles. The predicted octanol–water partition coefficient (Wildman–Crippen LogP) is 4.24. The summed E-state index contributed by atoms with van der Waals surface area (Å²) in [7, 11) is 0. The van der Waals surface area contributed by atoms with E-state index in [0.29, 0.717) is 17.5 Å². The zero-order chi connectivity index (χ0) is 26.7. The van der Waals surface area contributed by atoms with Crippen LogP contribution in [0, 0.1) is 23.7 Å². The third kappa shape index (κ3) is 4.30. The summed E-state index contributed by atoms with van der Waals surface area (Å²) in [4.78, 5) is 44.4. The molecule has 5 rings (SSSR count). The number of nitrogens with one attached hydrogen (secondary N) is 2. The van der Waals surface area contributed by atoms with Crippen LogP contribution in [0.1, 0.15) is 53.9 Å². The summed E-state index contributed by atoms with van der Waals surface area (Å²) in [6.45, 7) is 10.2. The van der Waals surface area contributed by atoms with Crippen LogP contribution in [0.15, 0.2) is 41.3 Å². The lowest BCUT2D eigenvalue weighted by Gasteiger charge is -2.41. The van der Waals surface area contributed by atoms with Crippen molar-refractivity contribution < 1.29 is 19.1 Å². The molecule has 7 nitrogen and oxygen atoms in total. The lowest BCUT2D eigenvalue weighted by molar-refractivity contribution is -0.147. The fourth-order valence-corrected chi connectivity index (χ4v) is 7.32. The molecule has 0 aromatic heterocycles. The van der Waals surface area contributed by atoms with Gasteiger partial charge >= 0.3 is 0 Å². The largest absolute Gasteiger partial charge is 0.359 e. The molecule has 2 N–H and O–H groups in total. The number of fused-ring (bicyclic) bond motifs is 1. The fraction of sp³-hybridized carbons (Fsp3) is 0.621. The monoisotopic (exact) mass is 525 g/mol. The first-order valence-corrected chi connectivity index (χ1v) is 14.7. The van der Waals surface area contributed by atoms with E-state index in [-0.39, 0.29) is 23.8 Å². The highest BCUT2D eigenvalue weighted by Crippen LogP contribution is 2.56. The van der Waals surface area contributed by atoms with Crippen LogP contribution in [-0.2, 0) is 19.1 Å². The second-order valence-electron chi connectivity index (χ2n) is 12.2. The second-order valence-corrected chi connectivity index (χ2v) is 13.1. The summed E-state index contributed by atoms with van der Waals surface area (Å²) in [6.07, 6.45) is 8.37. The third-order valence-corrected chi connectivity index (χ3v) is 9.65. The molecule has 1 aliphatic carbocycles. The van der Waals surface area contributed by atoms with Crippen molar-refractivity contribution in [3.63, 3.8) is 0 Å². The molecule has 3 aliphatic heterocycles. The molecule has 1 spiro atoms. The van der Waals surface area contributed by atoms with Crippen LogP contribution in [0.3, 0.4) is 0 Å². The summed E-state index contributed by atoms with van der Waals surface area (Å²) in [5.74, 6) is -1.19. The van der Waals surface area contributed by atoms with Crippen molar-refractivity contribution in [3.8, 4) is 0 Å². The molecule has 3 amide bonds. The van der Waals surface area contributed by atoms with Gasteiger partial charge in [-0.15, -0.1) is 11.8 Å². The van der Waals surface area contributed by atoms with E-state index in [1.54, 1.807) is 16.7 Å². The topological polar surface area (TPSA) is 87.7 Å². The Hall–Kier alpha value is -2.32. The number of hydrogen-bond acceptors (Lipinski definition) is 5. The number of ether oxygens (including phenoxy) is 1. The van der Waals surface area contributed by atoms with Crippen molar-refractivity contribution >= 4 is 35.2 Å². The first-order chi connectivity index (χ1) is 17.5. The maximum Gasteiger partial charge on any atom is 0.246 e. The van der Waals surface area contributed by atoms with Crippen LogP contribution in [-0.4, -0.2) is 58.2 Å². The van der Waals surface area contributed by atoms with Crippen LogP contribution >= 0.6 is 11.8 Å². The Morgan fingerprint density at radius 2 is 1.92 bits per heavy atom. The second kappa shape index (κ2) is 9.45. The molecule has 8 atom stereocenters. The molecule has 1 aromatic carbocycles. The normalized spacial score (nSPS) is 36.5. The number of likely N-dealkylation sites (tertiary alicyclic amines) is 1. The van der Waals surface area contributed by atoms with Crippen LogP contribution < -0.4 is 10.6 Å². The van der Waals surface area contributed by atoms with Gasteiger partial charge in [0.05, 0.1) is 17.9 Å². The van der Waals surface area contributed by atoms with E-state index < -0.39 is 35.1 Å². The van der Waals surface area contributed by atoms with Crippen molar-refractivity contribution in [2.45, 2.75) is 88.1 Å². The minimum absolute atomic E-state index is 0.0639. The number of anilines is 1. The highest BCUT2D eigenvalue weighted by molar-refractivity contribution is 7.98. The van der Waals surface area contributed by atoms with Gasteiger partial charge in [0.1, 0.15) is 11.6 Å². The zero-order valence-electron chi connectivity index (χ0n) is 22.6. The van der Waals surface area contributed by atoms with Crippen molar-refractivity contribution in [3.05, 3.63) is 36.4 Å². The Kier molecular flexibility index (Phi) is 6.72. The lowest BCUT2D eigenvalue weighted by atomic mass is 9.73.